The molecule has 5 unspecified atom stereocenters. The summed E-state index contributed by atoms with van der Waals surface area (Å²) in [6, 6.07) is 0.344. The van der Waals surface area contributed by atoms with E-state index in [1.807, 2.05) is 0 Å². The molecular formula is C22H42N2O2. The van der Waals surface area contributed by atoms with E-state index in [-0.39, 0.29) is 6.10 Å². The lowest BCUT2D eigenvalue weighted by molar-refractivity contribution is 0.143. The van der Waals surface area contributed by atoms with Crippen molar-refractivity contribution < 1.29 is 5.11 Å². The van der Waals surface area contributed by atoms with Crippen LogP contribution >= 0.6 is 0 Å². The number of hydrogen-bond donors (Lipinski definition) is 2. The first-order valence-corrected chi connectivity index (χ1v) is 11.4. The molecule has 0 spiro atoms. The number of nitroso groups, excluding NO2 is 1. The zero-order chi connectivity index (χ0) is 18.6. The van der Waals surface area contributed by atoms with E-state index in [1.54, 1.807) is 0 Å². The molecule has 0 aromatic heterocycles. The number of nitrogens with zero attached hydrogens (tertiary/aromatic N) is 1. The average molecular weight is 367 g/mol. The number of aliphatic hydroxyl groups is 1. The zero-order valence-corrected chi connectivity index (χ0v) is 16.8. The minimum absolute atomic E-state index is 0.0674. The lowest BCUT2D eigenvalue weighted by atomic mass is 9.82. The summed E-state index contributed by atoms with van der Waals surface area (Å²) in [7, 11) is 0. The molecule has 0 amide bonds. The van der Waals surface area contributed by atoms with Gasteiger partial charge < -0.3 is 10.8 Å². The summed E-state index contributed by atoms with van der Waals surface area (Å²) in [5.74, 6) is 2.21. The first-order valence-electron chi connectivity index (χ1n) is 11.4. The molecule has 0 heterocycles. The van der Waals surface area contributed by atoms with Crippen molar-refractivity contribution in [2.24, 2.45) is 28.7 Å². The quantitative estimate of drug-likeness (QED) is 0.604. The third-order valence-corrected chi connectivity index (χ3v) is 6.97. The first kappa shape index (κ1) is 21.8. The fourth-order valence-electron chi connectivity index (χ4n) is 5.20. The molecule has 0 radical (unpaired) electrons. The van der Waals surface area contributed by atoms with Crippen molar-refractivity contribution in [1.29, 1.82) is 0 Å². The standard InChI is InChI=1S/C22H42N2O2/c23-21-7-4-6-19(17-20(11-13-21)15-16-24-26)10-9-18-5-2-1-3-8-22(25)14-12-18/h18-22,25H,1-17,23H2. The van der Waals surface area contributed by atoms with Crippen molar-refractivity contribution >= 4 is 0 Å². The maximum Gasteiger partial charge on any atom is 0.0813 e. The second-order valence-corrected chi connectivity index (χ2v) is 9.19. The average Bonchev–Trinajstić information content (AvgIpc) is 2.79. The second-order valence-electron chi connectivity index (χ2n) is 9.19. The van der Waals surface area contributed by atoms with Crippen LogP contribution in [0.15, 0.2) is 5.18 Å². The van der Waals surface area contributed by atoms with Crippen LogP contribution in [0.1, 0.15) is 103 Å². The van der Waals surface area contributed by atoms with E-state index in [0.717, 1.165) is 43.9 Å². The Hall–Kier alpha value is -0.480. The van der Waals surface area contributed by atoms with E-state index in [2.05, 4.69) is 5.18 Å². The van der Waals surface area contributed by atoms with Gasteiger partial charge in [0.1, 0.15) is 0 Å². The van der Waals surface area contributed by atoms with Crippen LogP contribution in [0.4, 0.5) is 0 Å². The van der Waals surface area contributed by atoms with Crippen molar-refractivity contribution in [3.8, 4) is 0 Å². The lowest BCUT2D eigenvalue weighted by Crippen LogP contribution is -2.20. The Kier molecular flexibility index (Phi) is 10.8. The van der Waals surface area contributed by atoms with Crippen LogP contribution < -0.4 is 5.73 Å². The summed E-state index contributed by atoms with van der Waals surface area (Å²) in [6.45, 7) is 0.465. The first-order chi connectivity index (χ1) is 12.7. The summed E-state index contributed by atoms with van der Waals surface area (Å²) in [6.07, 6.45) is 19.2. The van der Waals surface area contributed by atoms with Gasteiger partial charge in [0, 0.05) is 6.04 Å². The van der Waals surface area contributed by atoms with Crippen molar-refractivity contribution in [1.82, 2.24) is 0 Å². The van der Waals surface area contributed by atoms with Gasteiger partial charge in [-0.05, 0) is 69.1 Å². The molecule has 0 bridgehead atoms. The van der Waals surface area contributed by atoms with Crippen molar-refractivity contribution in [2.75, 3.05) is 6.54 Å². The molecule has 2 aliphatic rings. The van der Waals surface area contributed by atoms with Gasteiger partial charge in [-0.3, -0.25) is 0 Å². The Bertz CT molecular complexity index is 377. The molecule has 2 rings (SSSR count). The van der Waals surface area contributed by atoms with Crippen LogP contribution in [-0.2, 0) is 0 Å². The van der Waals surface area contributed by atoms with Gasteiger partial charge in [0.15, 0.2) is 0 Å². The fraction of sp³-hybridized carbons (Fsp3) is 1.00. The number of aliphatic hydroxyl groups excluding tert-OH is 1. The highest BCUT2D eigenvalue weighted by Crippen LogP contribution is 2.33. The van der Waals surface area contributed by atoms with Crippen LogP contribution in [0.5, 0.6) is 0 Å². The Labute approximate surface area is 160 Å². The molecule has 152 valence electrons. The third-order valence-electron chi connectivity index (χ3n) is 6.97. The predicted octanol–water partition coefficient (Wildman–Crippen LogP) is 5.56. The summed E-state index contributed by atoms with van der Waals surface area (Å²) in [5, 5.41) is 13.2. The van der Waals surface area contributed by atoms with Crippen molar-refractivity contribution in [3.63, 3.8) is 0 Å². The van der Waals surface area contributed by atoms with E-state index >= 15 is 0 Å². The highest BCUT2D eigenvalue weighted by molar-refractivity contribution is 4.76. The van der Waals surface area contributed by atoms with E-state index < -0.39 is 0 Å². The predicted molar refractivity (Wildman–Crippen MR) is 109 cm³/mol. The monoisotopic (exact) mass is 366 g/mol. The Morgan fingerprint density at radius 2 is 1.42 bits per heavy atom. The minimum atomic E-state index is -0.0674. The smallest absolute Gasteiger partial charge is 0.0813 e. The fourth-order valence-corrected chi connectivity index (χ4v) is 5.20. The molecule has 0 saturated heterocycles. The van der Waals surface area contributed by atoms with Gasteiger partial charge in [-0.1, -0.05) is 56.5 Å². The molecule has 2 fully saturated rings. The maximum absolute atomic E-state index is 10.6. The Balaban J connectivity index is 1.83. The SMILES string of the molecule is NC1CCCC(CCC2CCCCCC(O)CC2)CC(CCN=O)CC1. The maximum atomic E-state index is 10.6. The Morgan fingerprint density at radius 3 is 2.27 bits per heavy atom. The molecule has 0 aliphatic heterocycles. The van der Waals surface area contributed by atoms with Gasteiger partial charge >= 0.3 is 0 Å². The summed E-state index contributed by atoms with van der Waals surface area (Å²) in [4.78, 5) is 10.6. The van der Waals surface area contributed by atoms with Crippen LogP contribution in [0.2, 0.25) is 0 Å². The number of hydrogen-bond acceptors (Lipinski definition) is 4. The largest absolute Gasteiger partial charge is 0.393 e. The van der Waals surface area contributed by atoms with Crippen LogP contribution in [0.3, 0.4) is 0 Å². The normalized spacial score (nSPS) is 35.2. The molecule has 5 atom stereocenters. The van der Waals surface area contributed by atoms with E-state index in [0.29, 0.717) is 18.5 Å². The molecule has 4 nitrogen and oxygen atoms in total. The molecule has 4 heteroatoms. The number of rotatable bonds is 6. The molecule has 3 N–H and O–H groups in total. The van der Waals surface area contributed by atoms with Crippen LogP contribution in [-0.4, -0.2) is 23.8 Å². The molecule has 2 aliphatic carbocycles. The zero-order valence-electron chi connectivity index (χ0n) is 16.8. The van der Waals surface area contributed by atoms with E-state index in [4.69, 9.17) is 5.73 Å². The molecule has 2 saturated carbocycles. The van der Waals surface area contributed by atoms with Crippen molar-refractivity contribution in [3.05, 3.63) is 4.91 Å². The third kappa shape index (κ3) is 8.94. The molecule has 26 heavy (non-hydrogen) atoms. The van der Waals surface area contributed by atoms with Crippen LogP contribution in [0.25, 0.3) is 0 Å². The van der Waals surface area contributed by atoms with Crippen LogP contribution in [0, 0.1) is 22.7 Å². The topological polar surface area (TPSA) is 75.7 Å². The van der Waals surface area contributed by atoms with Crippen molar-refractivity contribution in [2.45, 2.75) is 115 Å². The van der Waals surface area contributed by atoms with Gasteiger partial charge in [-0.25, -0.2) is 0 Å². The number of nitrogens with two attached hydrogens (primary N) is 1. The van der Waals surface area contributed by atoms with Gasteiger partial charge in [-0.2, -0.15) is 4.91 Å². The highest BCUT2D eigenvalue weighted by Gasteiger charge is 2.22. The van der Waals surface area contributed by atoms with Gasteiger partial charge in [-0.15, -0.1) is 0 Å². The lowest BCUT2D eigenvalue weighted by Gasteiger charge is -2.24. The van der Waals surface area contributed by atoms with Gasteiger partial charge in [0.2, 0.25) is 0 Å². The Morgan fingerprint density at radius 1 is 0.731 bits per heavy atom. The van der Waals surface area contributed by atoms with Gasteiger partial charge in [0.25, 0.3) is 0 Å². The summed E-state index contributed by atoms with van der Waals surface area (Å²) in [5.41, 5.74) is 6.25. The molecule has 0 aromatic carbocycles. The molecular weight excluding hydrogens is 324 g/mol. The van der Waals surface area contributed by atoms with E-state index in [9.17, 15) is 10.0 Å². The molecule has 0 aromatic rings. The second kappa shape index (κ2) is 12.8. The van der Waals surface area contributed by atoms with E-state index in [1.165, 1.54) is 70.6 Å². The summed E-state index contributed by atoms with van der Waals surface area (Å²) >= 11 is 0. The summed E-state index contributed by atoms with van der Waals surface area (Å²) < 4.78 is 0. The highest BCUT2D eigenvalue weighted by atomic mass is 16.3. The minimum Gasteiger partial charge on any atom is -0.393 e. The van der Waals surface area contributed by atoms with Gasteiger partial charge in [0.05, 0.1) is 12.6 Å².